The summed E-state index contributed by atoms with van der Waals surface area (Å²) in [4.78, 5) is 10.8. The Morgan fingerprint density at radius 2 is 2.00 bits per heavy atom. The quantitative estimate of drug-likeness (QED) is 0.679. The maximum absolute atomic E-state index is 10.8. The maximum atomic E-state index is 10.8. The number of benzene rings is 1. The van der Waals surface area contributed by atoms with Crippen LogP contribution in [0.3, 0.4) is 0 Å². The second-order valence-corrected chi connectivity index (χ2v) is 3.84. The maximum Gasteiger partial charge on any atom is 0.333 e. The van der Waals surface area contributed by atoms with Crippen LogP contribution in [0.15, 0.2) is 24.3 Å². The summed E-state index contributed by atoms with van der Waals surface area (Å²) in [5, 5.41) is 17.5. The van der Waals surface area contributed by atoms with E-state index in [0.29, 0.717) is 25.2 Å². The number of hydrogen-bond donors (Lipinski definition) is 2. The summed E-state index contributed by atoms with van der Waals surface area (Å²) < 4.78 is 10.2. The number of carboxylic acids is 1. The van der Waals surface area contributed by atoms with Crippen molar-refractivity contribution in [2.24, 2.45) is 0 Å². The van der Waals surface area contributed by atoms with Crippen molar-refractivity contribution in [1.29, 1.82) is 0 Å². The Balaban J connectivity index is 2.51. The molecule has 0 saturated carbocycles. The minimum atomic E-state index is -0.972. The predicted octanol–water partition coefficient (Wildman–Crippen LogP) is 1.09. The molecule has 0 bridgehead atoms. The summed E-state index contributed by atoms with van der Waals surface area (Å²) in [6, 6.07) is 7.18. The van der Waals surface area contributed by atoms with E-state index >= 15 is 0 Å². The van der Waals surface area contributed by atoms with Crippen LogP contribution >= 0.6 is 0 Å². The first-order chi connectivity index (χ1) is 8.67. The summed E-state index contributed by atoms with van der Waals surface area (Å²) in [5.74, 6) is -0.266. The minimum Gasteiger partial charge on any atom is -0.494 e. The van der Waals surface area contributed by atoms with Crippen LogP contribution in [0, 0.1) is 0 Å². The first kappa shape index (κ1) is 14.5. The van der Waals surface area contributed by atoms with E-state index in [9.17, 15) is 4.79 Å². The van der Waals surface area contributed by atoms with E-state index in [1.807, 2.05) is 12.1 Å². The SMILES string of the molecule is COC(Cc1ccc(OCCCO)cc1)C(=O)O. The lowest BCUT2D eigenvalue weighted by atomic mass is 10.1. The number of hydrogen-bond acceptors (Lipinski definition) is 4. The normalized spacial score (nSPS) is 12.1. The molecule has 0 aliphatic carbocycles. The van der Waals surface area contributed by atoms with Crippen molar-refractivity contribution in [3.05, 3.63) is 29.8 Å². The van der Waals surface area contributed by atoms with Gasteiger partial charge in [0.15, 0.2) is 6.10 Å². The van der Waals surface area contributed by atoms with Gasteiger partial charge in [0, 0.05) is 26.6 Å². The molecule has 1 unspecified atom stereocenters. The van der Waals surface area contributed by atoms with Crippen molar-refractivity contribution in [3.63, 3.8) is 0 Å². The Hall–Kier alpha value is -1.59. The number of aliphatic hydroxyl groups excluding tert-OH is 1. The lowest BCUT2D eigenvalue weighted by Gasteiger charge is -2.11. The molecule has 0 amide bonds. The molecule has 5 nitrogen and oxygen atoms in total. The zero-order valence-corrected chi connectivity index (χ0v) is 10.3. The monoisotopic (exact) mass is 254 g/mol. The molecule has 1 rings (SSSR count). The highest BCUT2D eigenvalue weighted by Gasteiger charge is 2.16. The topological polar surface area (TPSA) is 76.0 Å². The minimum absolute atomic E-state index is 0.103. The van der Waals surface area contributed by atoms with E-state index in [1.54, 1.807) is 12.1 Å². The Kier molecular flexibility index (Phi) is 6.18. The number of carbonyl (C=O) groups is 1. The fourth-order valence-corrected chi connectivity index (χ4v) is 1.46. The molecular formula is C13H18O5. The van der Waals surface area contributed by atoms with E-state index in [4.69, 9.17) is 19.7 Å². The van der Waals surface area contributed by atoms with Gasteiger partial charge in [-0.1, -0.05) is 12.1 Å². The first-order valence-electron chi connectivity index (χ1n) is 5.75. The Morgan fingerprint density at radius 1 is 1.33 bits per heavy atom. The molecule has 0 aromatic heterocycles. The summed E-state index contributed by atoms with van der Waals surface area (Å²) in [5.41, 5.74) is 0.874. The molecule has 0 radical (unpaired) electrons. The molecule has 0 aliphatic rings. The Morgan fingerprint density at radius 3 is 2.50 bits per heavy atom. The molecule has 0 fully saturated rings. The second kappa shape index (κ2) is 7.68. The molecule has 1 atom stereocenters. The van der Waals surface area contributed by atoms with Gasteiger partial charge in [-0.05, 0) is 17.7 Å². The third-order valence-corrected chi connectivity index (χ3v) is 2.48. The highest BCUT2D eigenvalue weighted by molar-refractivity contribution is 5.72. The average Bonchev–Trinajstić information content (AvgIpc) is 2.37. The largest absolute Gasteiger partial charge is 0.494 e. The number of carboxylic acid groups (broad SMARTS) is 1. The van der Waals surface area contributed by atoms with Crippen LogP contribution in [-0.2, 0) is 16.0 Å². The number of methoxy groups -OCH3 is 1. The summed E-state index contributed by atoms with van der Waals surface area (Å²) in [6.45, 7) is 0.567. The third kappa shape index (κ3) is 4.73. The zero-order chi connectivity index (χ0) is 13.4. The van der Waals surface area contributed by atoms with E-state index in [-0.39, 0.29) is 6.61 Å². The van der Waals surface area contributed by atoms with Crippen molar-refractivity contribution in [2.75, 3.05) is 20.3 Å². The van der Waals surface area contributed by atoms with E-state index < -0.39 is 12.1 Å². The number of ether oxygens (including phenoxy) is 2. The van der Waals surface area contributed by atoms with Crippen LogP contribution < -0.4 is 4.74 Å². The highest BCUT2D eigenvalue weighted by Crippen LogP contribution is 2.14. The van der Waals surface area contributed by atoms with Gasteiger partial charge in [0.05, 0.1) is 6.61 Å². The van der Waals surface area contributed by atoms with Crippen LogP contribution in [-0.4, -0.2) is 42.6 Å². The fourth-order valence-electron chi connectivity index (χ4n) is 1.46. The Bertz CT molecular complexity index is 360. The van der Waals surface area contributed by atoms with Crippen LogP contribution in [0.25, 0.3) is 0 Å². The molecule has 2 N–H and O–H groups in total. The van der Waals surface area contributed by atoms with Gasteiger partial charge >= 0.3 is 5.97 Å². The zero-order valence-electron chi connectivity index (χ0n) is 10.3. The standard InChI is InChI=1S/C13H18O5/c1-17-12(13(15)16)9-10-3-5-11(6-4-10)18-8-2-7-14/h3-6,12,14H,2,7-9H2,1H3,(H,15,16). The van der Waals surface area contributed by atoms with Crippen LogP contribution in [0.2, 0.25) is 0 Å². The smallest absolute Gasteiger partial charge is 0.333 e. The third-order valence-electron chi connectivity index (χ3n) is 2.48. The second-order valence-electron chi connectivity index (χ2n) is 3.84. The van der Waals surface area contributed by atoms with Gasteiger partial charge in [-0.3, -0.25) is 0 Å². The summed E-state index contributed by atoms with van der Waals surface area (Å²) >= 11 is 0. The lowest BCUT2D eigenvalue weighted by molar-refractivity contribution is -0.148. The molecule has 0 aliphatic heterocycles. The molecule has 1 aromatic carbocycles. The van der Waals surface area contributed by atoms with Gasteiger partial charge in [-0.2, -0.15) is 0 Å². The molecule has 100 valence electrons. The summed E-state index contributed by atoms with van der Waals surface area (Å²) in [6.07, 6.45) is 0.0843. The Labute approximate surface area is 106 Å². The summed E-state index contributed by atoms with van der Waals surface area (Å²) in [7, 11) is 1.38. The number of aliphatic hydroxyl groups is 1. The van der Waals surface area contributed by atoms with Crippen molar-refractivity contribution >= 4 is 5.97 Å². The lowest BCUT2D eigenvalue weighted by Crippen LogP contribution is -2.24. The van der Waals surface area contributed by atoms with Crippen molar-refractivity contribution in [2.45, 2.75) is 18.9 Å². The predicted molar refractivity (Wildman–Crippen MR) is 65.8 cm³/mol. The van der Waals surface area contributed by atoms with Crippen LogP contribution in [0.4, 0.5) is 0 Å². The molecule has 5 heteroatoms. The van der Waals surface area contributed by atoms with E-state index in [2.05, 4.69) is 0 Å². The fraction of sp³-hybridized carbons (Fsp3) is 0.462. The van der Waals surface area contributed by atoms with Gasteiger partial charge in [0.1, 0.15) is 5.75 Å². The van der Waals surface area contributed by atoms with Gasteiger partial charge in [0.25, 0.3) is 0 Å². The van der Waals surface area contributed by atoms with Gasteiger partial charge in [0.2, 0.25) is 0 Å². The molecule has 18 heavy (non-hydrogen) atoms. The van der Waals surface area contributed by atoms with Crippen molar-refractivity contribution < 1.29 is 24.5 Å². The molecule has 0 heterocycles. The van der Waals surface area contributed by atoms with E-state index in [0.717, 1.165) is 5.56 Å². The number of aliphatic carboxylic acids is 1. The first-order valence-corrected chi connectivity index (χ1v) is 5.75. The van der Waals surface area contributed by atoms with Crippen molar-refractivity contribution in [3.8, 4) is 5.75 Å². The number of rotatable bonds is 8. The average molecular weight is 254 g/mol. The van der Waals surface area contributed by atoms with Crippen LogP contribution in [0.5, 0.6) is 5.75 Å². The highest BCUT2D eigenvalue weighted by atomic mass is 16.5. The van der Waals surface area contributed by atoms with Crippen LogP contribution in [0.1, 0.15) is 12.0 Å². The van der Waals surface area contributed by atoms with E-state index in [1.165, 1.54) is 7.11 Å². The van der Waals surface area contributed by atoms with Gasteiger partial charge in [-0.15, -0.1) is 0 Å². The van der Waals surface area contributed by atoms with Gasteiger partial charge < -0.3 is 19.7 Å². The van der Waals surface area contributed by atoms with Gasteiger partial charge in [-0.25, -0.2) is 4.79 Å². The molecule has 1 aromatic rings. The molecule has 0 spiro atoms. The molecular weight excluding hydrogens is 236 g/mol. The van der Waals surface area contributed by atoms with Crippen molar-refractivity contribution in [1.82, 2.24) is 0 Å². The molecule has 0 saturated heterocycles.